The number of hydrogen-bond donors (Lipinski definition) is 0. The monoisotopic (exact) mass is 1230 g/mol. The van der Waals surface area contributed by atoms with E-state index in [-0.39, 0.29) is 0 Å². The van der Waals surface area contributed by atoms with Crippen molar-refractivity contribution in [3.63, 3.8) is 0 Å². The van der Waals surface area contributed by atoms with Crippen molar-refractivity contribution in [2.45, 2.75) is 5.41 Å². The minimum absolute atomic E-state index is 0.813. The highest BCUT2D eigenvalue weighted by Crippen LogP contribution is 2.62. The minimum atomic E-state index is -0.845. The highest BCUT2D eigenvalue weighted by Gasteiger charge is 2.48. The highest BCUT2D eigenvalue weighted by molar-refractivity contribution is 6.27. The van der Waals surface area contributed by atoms with Crippen molar-refractivity contribution in [2.75, 3.05) is 9.80 Å². The van der Waals surface area contributed by atoms with Crippen LogP contribution in [0, 0.1) is 0 Å². The molecular weight excluding hydrogens is 1180 g/mol. The average molecular weight is 1240 g/mol. The molecule has 0 unspecified atom stereocenters. The van der Waals surface area contributed by atoms with Crippen molar-refractivity contribution in [3.8, 4) is 33.4 Å². The fourth-order valence-corrected chi connectivity index (χ4v) is 16.6. The molecule has 0 N–H and O–H groups in total. The maximum Gasteiger partial charge on any atom is 0.159 e. The van der Waals surface area contributed by atoms with Gasteiger partial charge in [0.25, 0.3) is 0 Å². The van der Waals surface area contributed by atoms with Crippen LogP contribution < -0.4 is 9.80 Å². The van der Waals surface area contributed by atoms with Gasteiger partial charge in [-0.25, -0.2) is 0 Å². The number of para-hydroxylation sites is 4. The molecule has 0 amide bonds. The summed E-state index contributed by atoms with van der Waals surface area (Å²) in [6, 6.07) is 129. The Morgan fingerprint density at radius 1 is 0.216 bits per heavy atom. The molecule has 20 rings (SSSR count). The Bertz CT molecular complexity index is 6340. The molecule has 1 aliphatic rings. The molecular formula is C93H58N2O2. The summed E-state index contributed by atoms with van der Waals surface area (Å²) in [5.41, 5.74) is 19.9. The van der Waals surface area contributed by atoms with E-state index in [0.29, 0.717) is 0 Å². The maximum atomic E-state index is 7.64. The van der Waals surface area contributed by atoms with Gasteiger partial charge in [-0.15, -0.1) is 0 Å². The van der Waals surface area contributed by atoms with E-state index in [2.05, 4.69) is 362 Å². The maximum absolute atomic E-state index is 7.64. The third kappa shape index (κ3) is 8.17. The predicted octanol–water partition coefficient (Wildman–Crippen LogP) is 25.9. The third-order valence-corrected chi connectivity index (χ3v) is 20.6. The number of nitrogens with zero attached hydrogens (tertiary/aromatic N) is 2. The summed E-state index contributed by atoms with van der Waals surface area (Å²) in [5, 5.41) is 16.0. The van der Waals surface area contributed by atoms with Crippen LogP contribution in [-0.2, 0) is 5.41 Å². The second-order valence-electron chi connectivity index (χ2n) is 25.7. The largest absolute Gasteiger partial charge is 0.453 e. The molecule has 0 bridgehead atoms. The second-order valence-corrected chi connectivity index (χ2v) is 25.7. The zero-order chi connectivity index (χ0) is 63.7. The Labute approximate surface area is 560 Å². The molecule has 19 aromatic rings. The molecule has 2 heterocycles. The number of anilines is 6. The average Bonchev–Trinajstić information content (AvgIpc) is 1.55. The zero-order valence-electron chi connectivity index (χ0n) is 52.7. The lowest BCUT2D eigenvalue weighted by Crippen LogP contribution is -2.29. The summed E-state index contributed by atoms with van der Waals surface area (Å²) in [6.07, 6.45) is 0. The van der Waals surface area contributed by atoms with Crippen molar-refractivity contribution in [1.29, 1.82) is 0 Å². The number of rotatable bonds is 10. The van der Waals surface area contributed by atoms with Gasteiger partial charge in [-0.3, -0.25) is 0 Å². The Hall–Kier alpha value is -12.8. The van der Waals surface area contributed by atoms with Gasteiger partial charge < -0.3 is 18.6 Å². The van der Waals surface area contributed by atoms with E-state index >= 15 is 0 Å². The normalized spacial score (nSPS) is 12.6. The van der Waals surface area contributed by atoms with Crippen molar-refractivity contribution < 1.29 is 8.83 Å². The molecule has 97 heavy (non-hydrogen) atoms. The van der Waals surface area contributed by atoms with Crippen molar-refractivity contribution >= 4 is 132 Å². The van der Waals surface area contributed by atoms with E-state index in [1.165, 1.54) is 43.8 Å². The van der Waals surface area contributed by atoms with Crippen LogP contribution in [0.1, 0.15) is 22.3 Å². The van der Waals surface area contributed by atoms with E-state index in [9.17, 15) is 0 Å². The molecule has 452 valence electrons. The molecule has 0 radical (unpaired) electrons. The topological polar surface area (TPSA) is 32.8 Å². The van der Waals surface area contributed by atoms with E-state index in [0.717, 1.165) is 144 Å². The van der Waals surface area contributed by atoms with Gasteiger partial charge in [-0.1, -0.05) is 285 Å². The van der Waals surface area contributed by atoms with Gasteiger partial charge in [-0.05, 0) is 160 Å². The summed E-state index contributed by atoms with van der Waals surface area (Å²) in [5.74, 6) is 0. The van der Waals surface area contributed by atoms with Crippen LogP contribution in [0.4, 0.5) is 34.1 Å². The Balaban J connectivity index is 0.849. The minimum Gasteiger partial charge on any atom is -0.453 e. The zero-order valence-corrected chi connectivity index (χ0v) is 52.7. The van der Waals surface area contributed by atoms with Crippen LogP contribution in [-0.4, -0.2) is 0 Å². The Kier molecular flexibility index (Phi) is 12.2. The smallest absolute Gasteiger partial charge is 0.159 e. The lowest BCUT2D eigenvalue weighted by atomic mass is 9.67. The number of hydrogen-bond acceptors (Lipinski definition) is 4. The Morgan fingerprint density at radius 3 is 1.14 bits per heavy atom. The molecule has 0 atom stereocenters. The summed E-state index contributed by atoms with van der Waals surface area (Å²) >= 11 is 0. The second kappa shape index (κ2) is 21.7. The van der Waals surface area contributed by atoms with Gasteiger partial charge in [0.15, 0.2) is 11.2 Å². The molecule has 0 saturated heterocycles. The first-order chi connectivity index (χ1) is 48.2. The van der Waals surface area contributed by atoms with Crippen molar-refractivity contribution in [2.24, 2.45) is 0 Å². The summed E-state index contributed by atoms with van der Waals surface area (Å²) in [7, 11) is 0. The van der Waals surface area contributed by atoms with Crippen LogP contribution in [0.5, 0.6) is 0 Å². The van der Waals surface area contributed by atoms with Gasteiger partial charge in [0.1, 0.15) is 11.2 Å². The van der Waals surface area contributed by atoms with Gasteiger partial charge in [0.2, 0.25) is 0 Å². The first-order valence-electron chi connectivity index (χ1n) is 33.4. The van der Waals surface area contributed by atoms with E-state index < -0.39 is 5.41 Å². The molecule has 0 saturated carbocycles. The summed E-state index contributed by atoms with van der Waals surface area (Å²) < 4.78 is 15.2. The van der Waals surface area contributed by atoms with Crippen LogP contribution >= 0.6 is 0 Å². The molecule has 0 spiro atoms. The molecule has 2 aromatic heterocycles. The molecule has 1 aliphatic carbocycles. The molecule has 0 fully saturated rings. The third-order valence-electron chi connectivity index (χ3n) is 20.6. The van der Waals surface area contributed by atoms with E-state index in [4.69, 9.17) is 8.83 Å². The van der Waals surface area contributed by atoms with Crippen LogP contribution in [0.25, 0.3) is 131 Å². The standard InChI is InChI=1S/C93H58N2O2/c1-5-33-63(34-6-1)93(64-35-7-2-8-36-64)81-57-67(94(65-37-9-3-10-38-65)83-51-25-49-77-87-70-43-19-15-29-61(70)55-79(91(87)96-89(77)83)72-47-23-31-59-27-13-17-41-68(59)72)53-54-76(81)86-75-46-22-21-45-74(75)85(58-82(86)93)95(66-39-11-4-12-40-66)84-52-26-50-78-88-71-44-20-16-30-62(71)56-80(92(88)97-90(78)84)73-48-24-32-60-28-14-18-42-69(60)73/h1-58H. The predicted molar refractivity (Wildman–Crippen MR) is 406 cm³/mol. The number of fused-ring (bicyclic) bond motifs is 17. The lowest BCUT2D eigenvalue weighted by molar-refractivity contribution is 0.670. The lowest BCUT2D eigenvalue weighted by Gasteiger charge is -2.36. The van der Waals surface area contributed by atoms with E-state index in [1.807, 2.05) is 0 Å². The molecule has 4 nitrogen and oxygen atoms in total. The highest BCUT2D eigenvalue weighted by atomic mass is 16.3. The molecule has 4 heteroatoms. The first-order valence-corrected chi connectivity index (χ1v) is 33.4. The van der Waals surface area contributed by atoms with Gasteiger partial charge in [0, 0.05) is 55.1 Å². The van der Waals surface area contributed by atoms with Crippen molar-refractivity contribution in [3.05, 3.63) is 374 Å². The summed E-state index contributed by atoms with van der Waals surface area (Å²) in [6.45, 7) is 0. The van der Waals surface area contributed by atoms with Crippen molar-refractivity contribution in [1.82, 2.24) is 0 Å². The number of furan rings is 2. The van der Waals surface area contributed by atoms with Gasteiger partial charge >= 0.3 is 0 Å². The van der Waals surface area contributed by atoms with Crippen LogP contribution in [0.2, 0.25) is 0 Å². The SMILES string of the molecule is c1ccc(N(c2ccc3c(c2)C(c2ccccc2)(c2ccccc2)c2cc(N(c4ccccc4)c4cccc5c4oc4c(-c6cccc7ccccc67)cc6ccccc6c45)c4ccccc4c2-3)c2cccc3c2oc2c(-c4cccc5ccccc45)cc4ccccc4c23)cc1. The Morgan fingerprint density at radius 2 is 0.619 bits per heavy atom. The summed E-state index contributed by atoms with van der Waals surface area (Å²) in [4.78, 5) is 4.88. The fourth-order valence-electron chi connectivity index (χ4n) is 16.6. The fraction of sp³-hybridized carbons (Fsp3) is 0.0108. The van der Waals surface area contributed by atoms with E-state index in [1.54, 1.807) is 0 Å². The number of benzene rings is 17. The molecule has 17 aromatic carbocycles. The van der Waals surface area contributed by atoms with Crippen LogP contribution in [0.15, 0.2) is 361 Å². The van der Waals surface area contributed by atoms with Gasteiger partial charge in [-0.2, -0.15) is 0 Å². The quantitative estimate of drug-likeness (QED) is 0.137. The first kappa shape index (κ1) is 54.8. The molecule has 0 aliphatic heterocycles. The van der Waals surface area contributed by atoms with Crippen LogP contribution in [0.3, 0.4) is 0 Å². The van der Waals surface area contributed by atoms with Gasteiger partial charge in [0.05, 0.1) is 22.5 Å².